The van der Waals surface area contributed by atoms with Crippen LogP contribution < -0.4 is 4.74 Å². The Balaban J connectivity index is 1.93. The maximum Gasteiger partial charge on any atom is 0.121 e. The van der Waals surface area contributed by atoms with Crippen LogP contribution in [-0.2, 0) is 19.4 Å². The van der Waals surface area contributed by atoms with Crippen LogP contribution >= 0.6 is 0 Å². The number of aryl methyl sites for hydroxylation is 2. The average molecular weight is 292 g/mol. The number of hydrogen-bond donors (Lipinski definition) is 0. The summed E-state index contributed by atoms with van der Waals surface area (Å²) >= 11 is 0. The summed E-state index contributed by atoms with van der Waals surface area (Å²) in [5.74, 6) is 1.93. The number of imidazole rings is 1. The van der Waals surface area contributed by atoms with Crippen molar-refractivity contribution in [3.05, 3.63) is 72.6 Å². The normalized spacial score (nSPS) is 10.8. The molecule has 2 aromatic carbocycles. The highest BCUT2D eigenvalue weighted by atomic mass is 16.5. The molecule has 3 nitrogen and oxygen atoms in total. The van der Waals surface area contributed by atoms with Crippen molar-refractivity contribution in [1.82, 2.24) is 9.55 Å². The summed E-state index contributed by atoms with van der Waals surface area (Å²) in [5, 5.41) is 0. The molecule has 0 saturated carbocycles. The van der Waals surface area contributed by atoms with Crippen LogP contribution in [0.15, 0.2) is 61.2 Å². The second-order valence-corrected chi connectivity index (χ2v) is 5.27. The highest BCUT2D eigenvalue weighted by Gasteiger charge is 2.10. The number of fused-ring (bicyclic) bond motifs is 1. The van der Waals surface area contributed by atoms with Crippen molar-refractivity contribution < 1.29 is 4.74 Å². The third-order valence-electron chi connectivity index (χ3n) is 3.83. The van der Waals surface area contributed by atoms with E-state index in [1.54, 1.807) is 7.11 Å². The van der Waals surface area contributed by atoms with Gasteiger partial charge in [0.15, 0.2) is 0 Å². The molecule has 0 aliphatic carbocycles. The minimum absolute atomic E-state index is 0.771. The molecule has 0 amide bonds. The number of allylic oxidation sites excluding steroid dienone is 1. The molecule has 1 aromatic heterocycles. The Hall–Kier alpha value is -2.55. The molecule has 3 heteroatoms. The number of ether oxygens (including phenoxy) is 1. The van der Waals surface area contributed by atoms with E-state index in [2.05, 4.69) is 41.5 Å². The minimum atomic E-state index is 0.771. The van der Waals surface area contributed by atoms with Gasteiger partial charge in [0.25, 0.3) is 0 Å². The predicted molar refractivity (Wildman–Crippen MR) is 90.3 cm³/mol. The fourth-order valence-electron chi connectivity index (χ4n) is 2.71. The molecule has 0 spiro atoms. The van der Waals surface area contributed by atoms with Crippen LogP contribution in [0.2, 0.25) is 0 Å². The van der Waals surface area contributed by atoms with Crippen molar-refractivity contribution in [3.8, 4) is 5.75 Å². The molecule has 3 aromatic rings. The molecule has 0 aliphatic heterocycles. The quantitative estimate of drug-likeness (QED) is 0.642. The third kappa shape index (κ3) is 2.89. The van der Waals surface area contributed by atoms with Gasteiger partial charge in [-0.3, -0.25) is 0 Å². The largest absolute Gasteiger partial charge is 0.497 e. The van der Waals surface area contributed by atoms with Gasteiger partial charge in [0.2, 0.25) is 0 Å². The summed E-state index contributed by atoms with van der Waals surface area (Å²) in [5.41, 5.74) is 3.44. The molecule has 0 aliphatic rings. The van der Waals surface area contributed by atoms with Gasteiger partial charge in [0, 0.05) is 19.0 Å². The summed E-state index contributed by atoms with van der Waals surface area (Å²) < 4.78 is 7.52. The summed E-state index contributed by atoms with van der Waals surface area (Å²) in [6.07, 6.45) is 3.81. The third-order valence-corrected chi connectivity index (χ3v) is 3.83. The summed E-state index contributed by atoms with van der Waals surface area (Å²) in [4.78, 5) is 4.79. The van der Waals surface area contributed by atoms with Gasteiger partial charge in [-0.2, -0.15) is 0 Å². The summed E-state index contributed by atoms with van der Waals surface area (Å²) in [7, 11) is 1.68. The first-order valence-corrected chi connectivity index (χ1v) is 7.50. The smallest absolute Gasteiger partial charge is 0.121 e. The van der Waals surface area contributed by atoms with E-state index in [1.165, 1.54) is 5.56 Å². The molecule has 0 N–H and O–H groups in total. The Labute approximate surface area is 130 Å². The van der Waals surface area contributed by atoms with E-state index in [9.17, 15) is 0 Å². The molecule has 3 rings (SSSR count). The van der Waals surface area contributed by atoms with E-state index >= 15 is 0 Å². The Bertz CT molecular complexity index is 775. The van der Waals surface area contributed by atoms with Crippen LogP contribution in [0.4, 0.5) is 0 Å². The van der Waals surface area contributed by atoms with Crippen molar-refractivity contribution in [3.63, 3.8) is 0 Å². The first kappa shape index (κ1) is 14.4. The summed E-state index contributed by atoms with van der Waals surface area (Å²) in [6, 6.07) is 16.5. The fourth-order valence-corrected chi connectivity index (χ4v) is 2.71. The molecule has 0 atom stereocenters. The van der Waals surface area contributed by atoms with Gasteiger partial charge in [-0.25, -0.2) is 4.98 Å². The van der Waals surface area contributed by atoms with Crippen molar-refractivity contribution >= 4 is 11.0 Å². The van der Waals surface area contributed by atoms with Crippen LogP contribution in [0.5, 0.6) is 5.75 Å². The Morgan fingerprint density at radius 1 is 1.14 bits per heavy atom. The highest BCUT2D eigenvalue weighted by Crippen LogP contribution is 2.22. The molecule has 1 heterocycles. The van der Waals surface area contributed by atoms with Gasteiger partial charge in [-0.1, -0.05) is 36.4 Å². The van der Waals surface area contributed by atoms with Crippen LogP contribution in [0.1, 0.15) is 11.4 Å². The Morgan fingerprint density at radius 2 is 1.95 bits per heavy atom. The standard InChI is InChI=1S/C19H20N2O/c1-3-13-21-18-11-10-16(22-2)14-17(18)20-19(21)12-9-15-7-5-4-6-8-15/h3-8,10-11,14H,1,9,12-13H2,2H3. The van der Waals surface area contributed by atoms with E-state index in [1.807, 2.05) is 24.3 Å². The molecule has 0 saturated heterocycles. The van der Waals surface area contributed by atoms with E-state index in [0.29, 0.717) is 0 Å². The topological polar surface area (TPSA) is 27.1 Å². The fraction of sp³-hybridized carbons (Fsp3) is 0.211. The maximum atomic E-state index is 5.29. The van der Waals surface area contributed by atoms with E-state index < -0.39 is 0 Å². The number of aromatic nitrogens is 2. The number of methoxy groups -OCH3 is 1. The summed E-state index contributed by atoms with van der Waals surface area (Å²) in [6.45, 7) is 4.63. The van der Waals surface area contributed by atoms with Gasteiger partial charge in [-0.15, -0.1) is 6.58 Å². The monoisotopic (exact) mass is 292 g/mol. The maximum absolute atomic E-state index is 5.29. The van der Waals surface area contributed by atoms with Crippen LogP contribution in [0.3, 0.4) is 0 Å². The van der Waals surface area contributed by atoms with Crippen molar-refractivity contribution in [1.29, 1.82) is 0 Å². The zero-order valence-electron chi connectivity index (χ0n) is 12.8. The Morgan fingerprint density at radius 3 is 2.68 bits per heavy atom. The molecule has 112 valence electrons. The molecule has 0 unspecified atom stereocenters. The first-order valence-electron chi connectivity index (χ1n) is 7.50. The molecule has 0 fully saturated rings. The van der Waals surface area contributed by atoms with Crippen molar-refractivity contribution in [2.24, 2.45) is 0 Å². The van der Waals surface area contributed by atoms with E-state index in [0.717, 1.165) is 42.0 Å². The minimum Gasteiger partial charge on any atom is -0.497 e. The second kappa shape index (κ2) is 6.48. The van der Waals surface area contributed by atoms with Gasteiger partial charge in [0.05, 0.1) is 18.1 Å². The molecule has 0 radical (unpaired) electrons. The van der Waals surface area contributed by atoms with Crippen molar-refractivity contribution in [2.75, 3.05) is 7.11 Å². The molecule has 22 heavy (non-hydrogen) atoms. The van der Waals surface area contributed by atoms with E-state index in [4.69, 9.17) is 9.72 Å². The van der Waals surface area contributed by atoms with Gasteiger partial charge < -0.3 is 9.30 Å². The van der Waals surface area contributed by atoms with Gasteiger partial charge in [-0.05, 0) is 24.1 Å². The molecular weight excluding hydrogens is 272 g/mol. The second-order valence-electron chi connectivity index (χ2n) is 5.27. The average Bonchev–Trinajstić information content (AvgIpc) is 2.91. The molecular formula is C19H20N2O. The van der Waals surface area contributed by atoms with Gasteiger partial charge >= 0.3 is 0 Å². The number of nitrogens with zero attached hydrogens (tertiary/aromatic N) is 2. The zero-order chi connectivity index (χ0) is 15.4. The molecule has 0 bridgehead atoms. The lowest BCUT2D eigenvalue weighted by Gasteiger charge is -2.07. The lowest BCUT2D eigenvalue weighted by Crippen LogP contribution is -2.04. The highest BCUT2D eigenvalue weighted by molar-refractivity contribution is 5.78. The lowest BCUT2D eigenvalue weighted by molar-refractivity contribution is 0.415. The van der Waals surface area contributed by atoms with Crippen molar-refractivity contribution in [2.45, 2.75) is 19.4 Å². The van der Waals surface area contributed by atoms with E-state index in [-0.39, 0.29) is 0 Å². The number of rotatable bonds is 6. The van der Waals surface area contributed by atoms with Crippen LogP contribution in [-0.4, -0.2) is 16.7 Å². The first-order chi connectivity index (χ1) is 10.8. The Kier molecular flexibility index (Phi) is 4.24. The number of benzene rings is 2. The lowest BCUT2D eigenvalue weighted by atomic mass is 10.1. The van der Waals surface area contributed by atoms with Crippen LogP contribution in [0.25, 0.3) is 11.0 Å². The predicted octanol–water partition coefficient (Wildman–Crippen LogP) is 4.02. The SMILES string of the molecule is C=CCn1c(CCc2ccccc2)nc2cc(OC)ccc21. The van der Waals surface area contributed by atoms with Gasteiger partial charge in [0.1, 0.15) is 11.6 Å². The number of hydrogen-bond acceptors (Lipinski definition) is 2. The zero-order valence-corrected chi connectivity index (χ0v) is 12.8. The van der Waals surface area contributed by atoms with Crippen LogP contribution in [0, 0.1) is 0 Å².